The van der Waals surface area contributed by atoms with E-state index >= 15 is 0 Å². The molecule has 18 aromatic carbocycles. The molecule has 0 spiro atoms. The van der Waals surface area contributed by atoms with Gasteiger partial charge in [-0.15, -0.1) is 0 Å². The number of benzene rings is 18. The minimum atomic E-state index is -1.50. The normalized spacial score (nSPS) is 11.7. The second-order valence-electron chi connectivity index (χ2n) is 33.6. The van der Waals surface area contributed by atoms with Crippen LogP contribution in [0.1, 0.15) is 50.1 Å². The molecule has 0 radical (unpaired) electrons. The summed E-state index contributed by atoms with van der Waals surface area (Å²) in [7, 11) is -4.47. The van der Waals surface area contributed by atoms with Crippen LogP contribution in [0.2, 0.25) is 20.4 Å². The Morgan fingerprint density at radius 1 is 0.214 bits per heavy atom. The molecule has 23 rings (SSSR count). The average Bonchev–Trinajstić information content (AvgIpc) is 1.54. The van der Waals surface area contributed by atoms with E-state index in [2.05, 4.69) is 244 Å². The predicted octanol–water partition coefficient (Wildman–Crippen LogP) is 25.5. The molecule has 21 aromatic rings. The topological polar surface area (TPSA) is 261 Å². The average molecular weight is 2100 g/mol. The minimum Gasteiger partial charge on any atom is -0.423 e. The SMILES string of the molecule is Clc1cc(-c2ccc3c(c2)C(c2ccccc2)(c2ccccc2)c2ccccc2-3)cc(-c2nc(-c3ccccc3)nc(-c3ccccc3)n2)c1.Clc1cc(Br)cc(-c2nc(-c3ccccc3)nc(-c3ccccc3)n2)c1.Clc1nc(-c2ccccc2)nc(-c2ccccc2)n1.N#Cc1cccc(B(O)O)c1.OB(O)c1cc(Cl)cc(Br)c1.OB(O)c1ccc2c(c1)C(c1ccccc1)(c1ccccc1)c1ccccc1-2. The van der Waals surface area contributed by atoms with Gasteiger partial charge in [-0.1, -0.05) is 461 Å². The molecule has 0 saturated carbocycles. The Morgan fingerprint density at radius 3 is 0.848 bits per heavy atom. The summed E-state index contributed by atoms with van der Waals surface area (Å²) in [5, 5.41) is 64.9. The Morgan fingerprint density at radius 2 is 0.497 bits per heavy atom. The summed E-state index contributed by atoms with van der Waals surface area (Å²) in [4.78, 5) is 41.7. The Bertz CT molecular complexity index is 7860. The van der Waals surface area contributed by atoms with Crippen molar-refractivity contribution in [2.75, 3.05) is 0 Å². The molecular weight excluding hydrogens is 2010 g/mol. The van der Waals surface area contributed by atoms with Gasteiger partial charge in [0.05, 0.1) is 22.5 Å². The molecule has 25 heteroatoms. The Hall–Kier alpha value is -15.4. The molecule has 700 valence electrons. The molecule has 3 aromatic heterocycles. The van der Waals surface area contributed by atoms with Crippen molar-refractivity contribution in [2.45, 2.75) is 10.8 Å². The maximum absolute atomic E-state index is 9.84. The van der Waals surface area contributed by atoms with Gasteiger partial charge in [-0.3, -0.25) is 0 Å². The van der Waals surface area contributed by atoms with Crippen molar-refractivity contribution in [3.63, 3.8) is 0 Å². The van der Waals surface area contributed by atoms with Crippen LogP contribution in [-0.2, 0) is 10.8 Å². The molecule has 0 aliphatic heterocycles. The van der Waals surface area contributed by atoms with E-state index in [9.17, 15) is 10.0 Å². The van der Waals surface area contributed by atoms with Gasteiger partial charge in [-0.05, 0) is 179 Å². The fourth-order valence-corrected chi connectivity index (χ4v) is 20.1. The summed E-state index contributed by atoms with van der Waals surface area (Å²) < 4.78 is 1.61. The van der Waals surface area contributed by atoms with Crippen molar-refractivity contribution in [3.05, 3.63) is 546 Å². The largest absolute Gasteiger partial charge is 0.488 e. The van der Waals surface area contributed by atoms with Gasteiger partial charge in [-0.25, -0.2) is 34.9 Å². The molecule has 0 atom stereocenters. The lowest BCUT2D eigenvalue weighted by Gasteiger charge is -2.34. The fraction of sp³-hybridized carbons (Fsp3) is 0.0167. The summed E-state index contributed by atoms with van der Waals surface area (Å²) in [5.74, 6) is 4.80. The number of hydrogen-bond acceptors (Lipinski definition) is 16. The highest BCUT2D eigenvalue weighted by molar-refractivity contribution is 9.10. The lowest BCUT2D eigenvalue weighted by atomic mass is 9.66. The van der Waals surface area contributed by atoms with Gasteiger partial charge < -0.3 is 30.1 Å². The van der Waals surface area contributed by atoms with Crippen molar-refractivity contribution in [1.82, 2.24) is 44.9 Å². The smallest absolute Gasteiger partial charge is 0.423 e. The third-order valence-corrected chi connectivity index (χ3v) is 26.2. The number of fused-ring (bicyclic) bond motifs is 6. The third kappa shape index (κ3) is 22.8. The van der Waals surface area contributed by atoms with Crippen LogP contribution in [0.5, 0.6) is 0 Å². The van der Waals surface area contributed by atoms with Crippen molar-refractivity contribution in [2.24, 2.45) is 0 Å². The van der Waals surface area contributed by atoms with Crippen LogP contribution in [0, 0.1) is 11.3 Å². The van der Waals surface area contributed by atoms with Crippen LogP contribution in [0.15, 0.2) is 476 Å². The van der Waals surface area contributed by atoms with Crippen LogP contribution in [0.4, 0.5) is 0 Å². The molecule has 2 aliphatic carbocycles. The van der Waals surface area contributed by atoms with Gasteiger partial charge in [0.2, 0.25) is 5.28 Å². The maximum atomic E-state index is 9.84. The number of nitrogens with zero attached hydrogens (tertiary/aromatic N) is 10. The third-order valence-electron chi connectivity index (χ3n) is 24.4. The molecule has 0 unspecified atom stereocenters. The first-order valence-corrected chi connectivity index (χ1v) is 49.2. The molecule has 3 heterocycles. The summed E-state index contributed by atoms with van der Waals surface area (Å²) in [5.41, 5.74) is 24.3. The van der Waals surface area contributed by atoms with Gasteiger partial charge in [0.15, 0.2) is 46.6 Å². The molecule has 0 amide bonds. The van der Waals surface area contributed by atoms with Crippen LogP contribution in [-0.4, -0.2) is 96.4 Å². The quantitative estimate of drug-likeness (QED) is 0.0491. The van der Waals surface area contributed by atoms with E-state index in [1.54, 1.807) is 36.4 Å². The molecule has 0 fully saturated rings. The lowest BCUT2D eigenvalue weighted by Crippen LogP contribution is -2.33. The first kappa shape index (κ1) is 99.7. The molecule has 2 aliphatic rings. The molecule has 145 heavy (non-hydrogen) atoms. The zero-order valence-electron chi connectivity index (χ0n) is 77.1. The molecule has 0 saturated heterocycles. The van der Waals surface area contributed by atoms with E-state index in [-0.39, 0.29) is 5.28 Å². The second kappa shape index (κ2) is 46.3. The van der Waals surface area contributed by atoms with Gasteiger partial charge in [-0.2, -0.15) is 15.2 Å². The standard InChI is InChI=1S/C46H30ClN3.C25H19BO2.C21H13BrClN3.C15H10ClN3.C7H6BNO2.C6H5BBrClO2/c47-38-28-34(27-35(29-38)45-49-43(31-15-5-1-6-16-31)48-44(50-45)32-17-7-2-8-18-32)33-25-26-40-39-23-13-14-24-41(39)46(42(40)30-33,36-19-9-3-10-20-36)37-21-11-4-12-22-37;27-26(28)20-15-16-22-21-13-7-8-14-23(21)25(24(22)17-20,18-9-3-1-4-10-18)19-11-5-2-6-12-19;22-17-11-16(12-18(23)13-17)21-25-19(14-7-3-1-4-8-14)24-20(26-21)15-9-5-2-6-10-15;16-15-18-13(11-7-3-1-4-8-11)17-14(19-15)12-9-5-2-6-10-12;9-5-6-2-1-3-7(4-6)8(10)11;8-5-1-4(7(10)11)2-6(9)3-5/h1-30H;1-17,27-28H;1-13H;1-10H;1-4,10-11H;1-3,10-11H. The summed E-state index contributed by atoms with van der Waals surface area (Å²) >= 11 is 31.4. The fourth-order valence-electron chi connectivity index (χ4n) is 18.0. The van der Waals surface area contributed by atoms with E-state index in [4.69, 9.17) is 86.7 Å². The van der Waals surface area contributed by atoms with Crippen LogP contribution in [0.25, 0.3) is 124 Å². The number of hydrogen-bond donors (Lipinski definition) is 6. The van der Waals surface area contributed by atoms with Crippen molar-refractivity contribution in [3.8, 4) is 131 Å². The van der Waals surface area contributed by atoms with E-state index in [1.807, 2.05) is 243 Å². The number of nitriles is 1. The highest BCUT2D eigenvalue weighted by atomic mass is 79.9. The first-order valence-electron chi connectivity index (χ1n) is 46.1. The molecule has 0 bridgehead atoms. The summed E-state index contributed by atoms with van der Waals surface area (Å²) in [6.07, 6.45) is 0. The molecular formula is C120H83B3Br2Cl4N10O6. The van der Waals surface area contributed by atoms with E-state index in [1.165, 1.54) is 56.6 Å². The molecule has 16 nitrogen and oxygen atoms in total. The zero-order valence-corrected chi connectivity index (χ0v) is 83.3. The predicted molar refractivity (Wildman–Crippen MR) is 592 cm³/mol. The highest BCUT2D eigenvalue weighted by Crippen LogP contribution is 2.58. The van der Waals surface area contributed by atoms with E-state index in [0.717, 1.165) is 86.8 Å². The Balaban J connectivity index is 0.000000124. The lowest BCUT2D eigenvalue weighted by molar-refractivity contribution is 0.424. The summed E-state index contributed by atoms with van der Waals surface area (Å²) in [6, 6.07) is 156. The van der Waals surface area contributed by atoms with Gasteiger partial charge in [0.1, 0.15) is 0 Å². The highest BCUT2D eigenvalue weighted by Gasteiger charge is 2.48. The molecule has 6 N–H and O–H groups in total. The Kier molecular flexibility index (Phi) is 31.8. The van der Waals surface area contributed by atoms with Crippen LogP contribution in [0.3, 0.4) is 0 Å². The van der Waals surface area contributed by atoms with Crippen molar-refractivity contribution < 1.29 is 30.1 Å². The van der Waals surface area contributed by atoms with Crippen LogP contribution < -0.4 is 16.4 Å². The van der Waals surface area contributed by atoms with E-state index in [0.29, 0.717) is 83.6 Å². The van der Waals surface area contributed by atoms with Crippen molar-refractivity contribution >= 4 is 116 Å². The van der Waals surface area contributed by atoms with Gasteiger partial charge >= 0.3 is 21.4 Å². The maximum Gasteiger partial charge on any atom is 0.488 e. The number of aromatic nitrogens is 9. The van der Waals surface area contributed by atoms with E-state index < -0.39 is 32.2 Å². The monoisotopic (exact) mass is 2090 g/mol. The second-order valence-corrected chi connectivity index (χ2v) is 37.1. The van der Waals surface area contributed by atoms with Crippen molar-refractivity contribution in [1.29, 1.82) is 5.26 Å². The Labute approximate surface area is 876 Å². The number of rotatable bonds is 16. The van der Waals surface area contributed by atoms with Gasteiger partial charge in [0, 0.05) is 68.5 Å². The number of halogens is 6. The minimum absolute atomic E-state index is 0.202. The van der Waals surface area contributed by atoms with Gasteiger partial charge in [0.25, 0.3) is 0 Å². The first-order chi connectivity index (χ1) is 70.7. The zero-order chi connectivity index (χ0) is 100. The summed E-state index contributed by atoms with van der Waals surface area (Å²) in [6.45, 7) is 0. The van der Waals surface area contributed by atoms with Crippen LogP contribution >= 0.6 is 78.3 Å².